The smallest absolute Gasteiger partial charge is 0.258 e. The summed E-state index contributed by atoms with van der Waals surface area (Å²) in [7, 11) is 0. The van der Waals surface area contributed by atoms with Crippen LogP contribution in [0.5, 0.6) is 0 Å². The van der Waals surface area contributed by atoms with Crippen molar-refractivity contribution in [1.29, 1.82) is 0 Å². The van der Waals surface area contributed by atoms with Crippen LogP contribution in [0.1, 0.15) is 12.1 Å². The van der Waals surface area contributed by atoms with E-state index >= 15 is 0 Å². The van der Waals surface area contributed by atoms with E-state index in [0.717, 1.165) is 44.1 Å². The Morgan fingerprint density at radius 3 is 3.00 bits per heavy atom. The van der Waals surface area contributed by atoms with E-state index in [1.807, 2.05) is 36.4 Å². The standard InChI is InChI=1S/C19H21N5O/c25-19-11-16(22-18-6-2-4-9-24(18)19)14-23-10-7-15(13-23)12-21-17-5-1-3-8-20-17/h1-6,8-9,11,15H,7,10,12-14H2,(H,20,21). The maximum atomic E-state index is 12.2. The molecule has 0 saturated carbocycles. The van der Waals surface area contributed by atoms with E-state index in [0.29, 0.717) is 11.6 Å². The van der Waals surface area contributed by atoms with Crippen molar-refractivity contribution in [2.75, 3.05) is 25.0 Å². The first-order chi connectivity index (χ1) is 12.3. The van der Waals surface area contributed by atoms with Gasteiger partial charge in [0.2, 0.25) is 0 Å². The predicted octanol–water partition coefficient (Wildman–Crippen LogP) is 2.02. The molecule has 6 heteroatoms. The molecule has 4 rings (SSSR count). The van der Waals surface area contributed by atoms with Crippen molar-refractivity contribution in [3.05, 3.63) is 70.9 Å². The zero-order chi connectivity index (χ0) is 17.1. The highest BCUT2D eigenvalue weighted by molar-refractivity contribution is 5.38. The summed E-state index contributed by atoms with van der Waals surface area (Å²) in [6.07, 6.45) is 4.70. The van der Waals surface area contributed by atoms with Crippen LogP contribution in [-0.4, -0.2) is 38.9 Å². The number of aromatic nitrogens is 3. The fourth-order valence-electron chi connectivity index (χ4n) is 3.35. The van der Waals surface area contributed by atoms with Gasteiger partial charge in [-0.15, -0.1) is 0 Å². The molecule has 0 spiro atoms. The third kappa shape index (κ3) is 3.69. The third-order valence-electron chi connectivity index (χ3n) is 4.62. The summed E-state index contributed by atoms with van der Waals surface area (Å²) in [6.45, 7) is 3.68. The van der Waals surface area contributed by atoms with Crippen molar-refractivity contribution in [3.63, 3.8) is 0 Å². The number of nitrogens with zero attached hydrogens (tertiary/aromatic N) is 4. The lowest BCUT2D eigenvalue weighted by Gasteiger charge is -2.16. The molecule has 3 aromatic heterocycles. The van der Waals surface area contributed by atoms with Gasteiger partial charge in [0.05, 0.1) is 5.69 Å². The molecule has 1 aliphatic heterocycles. The Hall–Kier alpha value is -2.73. The number of nitrogens with one attached hydrogen (secondary N) is 1. The molecule has 1 atom stereocenters. The van der Waals surface area contributed by atoms with Crippen molar-refractivity contribution >= 4 is 11.5 Å². The van der Waals surface area contributed by atoms with E-state index in [1.54, 1.807) is 22.9 Å². The first kappa shape index (κ1) is 15.8. The molecule has 0 amide bonds. The van der Waals surface area contributed by atoms with Crippen LogP contribution in [0, 0.1) is 5.92 Å². The first-order valence-corrected chi connectivity index (χ1v) is 8.62. The van der Waals surface area contributed by atoms with Gasteiger partial charge in [0, 0.05) is 38.1 Å². The van der Waals surface area contributed by atoms with Crippen LogP contribution in [-0.2, 0) is 6.54 Å². The molecule has 6 nitrogen and oxygen atoms in total. The molecule has 4 heterocycles. The minimum absolute atomic E-state index is 0.0202. The summed E-state index contributed by atoms with van der Waals surface area (Å²) in [5, 5.41) is 3.40. The maximum Gasteiger partial charge on any atom is 0.258 e. The molecule has 3 aromatic rings. The van der Waals surface area contributed by atoms with Gasteiger partial charge in [0.15, 0.2) is 0 Å². The summed E-state index contributed by atoms with van der Waals surface area (Å²) in [4.78, 5) is 23.5. The van der Waals surface area contributed by atoms with Crippen LogP contribution in [0.4, 0.5) is 5.82 Å². The summed E-state index contributed by atoms with van der Waals surface area (Å²) < 4.78 is 1.58. The van der Waals surface area contributed by atoms with E-state index in [9.17, 15) is 4.79 Å². The number of pyridine rings is 2. The number of fused-ring (bicyclic) bond motifs is 1. The number of likely N-dealkylation sites (tertiary alicyclic amines) is 1. The van der Waals surface area contributed by atoms with Crippen LogP contribution in [0.2, 0.25) is 0 Å². The lowest BCUT2D eigenvalue weighted by atomic mass is 10.1. The fraction of sp³-hybridized carbons (Fsp3) is 0.316. The van der Waals surface area contributed by atoms with Crippen molar-refractivity contribution in [1.82, 2.24) is 19.3 Å². The first-order valence-electron chi connectivity index (χ1n) is 8.62. The fourth-order valence-corrected chi connectivity index (χ4v) is 3.35. The SMILES string of the molecule is O=c1cc(CN2CCC(CNc3ccccn3)C2)nc2ccccn12. The minimum atomic E-state index is -0.0202. The van der Waals surface area contributed by atoms with Gasteiger partial charge in [-0.1, -0.05) is 12.1 Å². The molecule has 1 saturated heterocycles. The van der Waals surface area contributed by atoms with Gasteiger partial charge in [-0.25, -0.2) is 9.97 Å². The van der Waals surface area contributed by atoms with Gasteiger partial charge in [0.1, 0.15) is 11.5 Å². The summed E-state index contributed by atoms with van der Waals surface area (Å²) in [5.74, 6) is 1.51. The van der Waals surface area contributed by atoms with Crippen molar-refractivity contribution in [3.8, 4) is 0 Å². The highest BCUT2D eigenvalue weighted by Crippen LogP contribution is 2.18. The second-order valence-corrected chi connectivity index (χ2v) is 6.50. The van der Waals surface area contributed by atoms with Crippen molar-refractivity contribution in [2.45, 2.75) is 13.0 Å². The Bertz CT molecular complexity index is 908. The lowest BCUT2D eigenvalue weighted by molar-refractivity contribution is 0.315. The Morgan fingerprint density at radius 2 is 2.12 bits per heavy atom. The molecule has 1 N–H and O–H groups in total. The highest BCUT2D eigenvalue weighted by atomic mass is 16.1. The van der Waals surface area contributed by atoms with Crippen LogP contribution in [0.25, 0.3) is 5.65 Å². The van der Waals surface area contributed by atoms with Crippen molar-refractivity contribution < 1.29 is 0 Å². The molecule has 0 bridgehead atoms. The van der Waals surface area contributed by atoms with Crippen LogP contribution >= 0.6 is 0 Å². The minimum Gasteiger partial charge on any atom is -0.370 e. The van der Waals surface area contributed by atoms with Gasteiger partial charge < -0.3 is 5.32 Å². The van der Waals surface area contributed by atoms with E-state index in [-0.39, 0.29) is 5.56 Å². The average molecular weight is 335 g/mol. The largest absolute Gasteiger partial charge is 0.370 e. The molecule has 0 aromatic carbocycles. The maximum absolute atomic E-state index is 12.2. The van der Waals surface area contributed by atoms with Crippen LogP contribution in [0.15, 0.2) is 59.7 Å². The Labute approximate surface area is 146 Å². The number of hydrogen-bond acceptors (Lipinski definition) is 5. The van der Waals surface area contributed by atoms with Gasteiger partial charge in [-0.2, -0.15) is 0 Å². The van der Waals surface area contributed by atoms with Gasteiger partial charge in [-0.3, -0.25) is 14.1 Å². The Kier molecular flexibility index (Phi) is 4.43. The summed E-state index contributed by atoms with van der Waals surface area (Å²) in [6, 6.07) is 13.2. The number of hydrogen-bond donors (Lipinski definition) is 1. The lowest BCUT2D eigenvalue weighted by Crippen LogP contribution is -2.25. The summed E-state index contributed by atoms with van der Waals surface area (Å²) in [5.41, 5.74) is 1.53. The van der Waals surface area contributed by atoms with Crippen LogP contribution in [0.3, 0.4) is 0 Å². The molecule has 128 valence electrons. The molecule has 1 unspecified atom stereocenters. The zero-order valence-electron chi connectivity index (χ0n) is 14.0. The second kappa shape index (κ2) is 7.03. The molecule has 1 fully saturated rings. The van der Waals surface area contributed by atoms with Crippen molar-refractivity contribution in [2.24, 2.45) is 5.92 Å². The molecular weight excluding hydrogens is 314 g/mol. The zero-order valence-corrected chi connectivity index (χ0v) is 14.0. The van der Waals surface area contributed by atoms with E-state index in [2.05, 4.69) is 20.2 Å². The number of rotatable bonds is 5. The topological polar surface area (TPSA) is 62.5 Å². The van der Waals surface area contributed by atoms with Gasteiger partial charge >= 0.3 is 0 Å². The number of anilines is 1. The second-order valence-electron chi connectivity index (χ2n) is 6.50. The normalized spacial score (nSPS) is 17.8. The average Bonchev–Trinajstić information content (AvgIpc) is 3.08. The Morgan fingerprint density at radius 1 is 1.20 bits per heavy atom. The summed E-state index contributed by atoms with van der Waals surface area (Å²) >= 11 is 0. The Balaban J connectivity index is 1.37. The highest BCUT2D eigenvalue weighted by Gasteiger charge is 2.22. The predicted molar refractivity (Wildman–Crippen MR) is 97.6 cm³/mol. The van der Waals surface area contributed by atoms with E-state index in [4.69, 9.17) is 0 Å². The third-order valence-corrected chi connectivity index (χ3v) is 4.62. The van der Waals surface area contributed by atoms with E-state index in [1.165, 1.54) is 0 Å². The van der Waals surface area contributed by atoms with Gasteiger partial charge in [0.25, 0.3) is 5.56 Å². The van der Waals surface area contributed by atoms with E-state index < -0.39 is 0 Å². The monoisotopic (exact) mass is 335 g/mol. The molecule has 0 aliphatic carbocycles. The molecule has 25 heavy (non-hydrogen) atoms. The van der Waals surface area contributed by atoms with Crippen LogP contribution < -0.4 is 10.9 Å². The molecular formula is C19H21N5O. The molecule has 1 aliphatic rings. The quantitative estimate of drug-likeness (QED) is 0.773. The van der Waals surface area contributed by atoms with Gasteiger partial charge in [-0.05, 0) is 43.1 Å². The molecule has 0 radical (unpaired) electrons.